The van der Waals surface area contributed by atoms with Crippen LogP contribution < -0.4 is 0 Å². The molecule has 0 aliphatic heterocycles. The lowest BCUT2D eigenvalue weighted by Crippen LogP contribution is -2.36. The van der Waals surface area contributed by atoms with Gasteiger partial charge in [-0.1, -0.05) is 18.2 Å². The van der Waals surface area contributed by atoms with E-state index in [-0.39, 0.29) is 12.5 Å². The molecule has 0 aromatic carbocycles. The monoisotopic (exact) mass is 223 g/mol. The fourth-order valence-electron chi connectivity index (χ4n) is 1.36. The second-order valence-electron chi connectivity index (χ2n) is 3.94. The van der Waals surface area contributed by atoms with E-state index in [0.717, 1.165) is 12.8 Å². The van der Waals surface area contributed by atoms with Crippen molar-refractivity contribution in [2.24, 2.45) is 5.92 Å². The van der Waals surface area contributed by atoms with Gasteiger partial charge in [-0.25, -0.2) is 0 Å². The van der Waals surface area contributed by atoms with Gasteiger partial charge in [0.2, 0.25) is 5.91 Å². The number of nitrogens with zero attached hydrogens (tertiary/aromatic N) is 1. The van der Waals surface area contributed by atoms with Crippen LogP contribution in [0.4, 0.5) is 0 Å². The molecule has 88 valence electrons. The third-order valence-electron chi connectivity index (χ3n) is 2.36. The normalized spacial score (nSPS) is 15.8. The molecule has 1 N–H and O–H groups in total. The van der Waals surface area contributed by atoms with Crippen LogP contribution in [0.3, 0.4) is 0 Å². The van der Waals surface area contributed by atoms with Crippen molar-refractivity contribution < 1.29 is 14.7 Å². The summed E-state index contributed by atoms with van der Waals surface area (Å²) in [6, 6.07) is 0. The molecule has 0 atom stereocenters. The molecule has 4 heteroatoms. The van der Waals surface area contributed by atoms with Crippen LogP contribution in [0.15, 0.2) is 24.3 Å². The highest BCUT2D eigenvalue weighted by Crippen LogP contribution is 2.29. The molecule has 0 radical (unpaired) electrons. The van der Waals surface area contributed by atoms with Gasteiger partial charge in [0, 0.05) is 12.6 Å². The summed E-state index contributed by atoms with van der Waals surface area (Å²) in [5.41, 5.74) is 0. The number of carboxylic acid groups (broad SMARTS) is 1. The maximum Gasteiger partial charge on any atom is 0.323 e. The highest BCUT2D eigenvalue weighted by Gasteiger charge is 2.26. The van der Waals surface area contributed by atoms with E-state index in [1.807, 2.05) is 13.0 Å². The molecule has 1 aliphatic rings. The van der Waals surface area contributed by atoms with Crippen molar-refractivity contribution in [3.05, 3.63) is 24.3 Å². The number of allylic oxidation sites excluding steroid dienone is 3. The number of carboxylic acids is 1. The summed E-state index contributed by atoms with van der Waals surface area (Å²) in [5.74, 6) is -0.695. The third kappa shape index (κ3) is 4.77. The van der Waals surface area contributed by atoms with Crippen LogP contribution in [0.2, 0.25) is 0 Å². The van der Waals surface area contributed by atoms with Gasteiger partial charge in [0.25, 0.3) is 0 Å². The zero-order chi connectivity index (χ0) is 12.0. The van der Waals surface area contributed by atoms with Crippen LogP contribution in [0.1, 0.15) is 19.8 Å². The number of carbonyl (C=O) groups excluding carboxylic acids is 1. The molecule has 16 heavy (non-hydrogen) atoms. The van der Waals surface area contributed by atoms with Crippen molar-refractivity contribution in [3.8, 4) is 0 Å². The summed E-state index contributed by atoms with van der Waals surface area (Å²) in [7, 11) is 0. The zero-order valence-electron chi connectivity index (χ0n) is 9.43. The Morgan fingerprint density at radius 2 is 2.06 bits per heavy atom. The zero-order valence-corrected chi connectivity index (χ0v) is 9.43. The van der Waals surface area contributed by atoms with E-state index in [0.29, 0.717) is 12.5 Å². The number of rotatable bonds is 6. The number of hydrogen-bond acceptors (Lipinski definition) is 2. The molecular weight excluding hydrogens is 206 g/mol. The number of carbonyl (C=O) groups is 2. The minimum atomic E-state index is -0.964. The highest BCUT2D eigenvalue weighted by atomic mass is 16.4. The van der Waals surface area contributed by atoms with Gasteiger partial charge in [-0.3, -0.25) is 9.59 Å². The van der Waals surface area contributed by atoms with Gasteiger partial charge in [-0.05, 0) is 25.7 Å². The first-order chi connectivity index (χ1) is 7.63. The first-order valence-electron chi connectivity index (χ1n) is 5.43. The second kappa shape index (κ2) is 6.10. The second-order valence-corrected chi connectivity index (χ2v) is 3.94. The molecular formula is C12H17NO3. The van der Waals surface area contributed by atoms with Crippen molar-refractivity contribution >= 4 is 11.9 Å². The van der Waals surface area contributed by atoms with E-state index in [1.54, 1.807) is 12.2 Å². The quantitative estimate of drug-likeness (QED) is 0.547. The molecule has 0 aromatic rings. The molecule has 1 rings (SSSR count). The molecule has 0 heterocycles. The van der Waals surface area contributed by atoms with Gasteiger partial charge < -0.3 is 10.0 Å². The van der Waals surface area contributed by atoms with Gasteiger partial charge in [0.1, 0.15) is 6.54 Å². The van der Waals surface area contributed by atoms with Crippen LogP contribution in [0.25, 0.3) is 0 Å². The minimum Gasteiger partial charge on any atom is -0.480 e. The van der Waals surface area contributed by atoms with E-state index < -0.39 is 5.97 Å². The predicted molar refractivity (Wildman–Crippen MR) is 60.9 cm³/mol. The van der Waals surface area contributed by atoms with E-state index in [1.165, 1.54) is 11.0 Å². The molecule has 0 unspecified atom stereocenters. The van der Waals surface area contributed by atoms with Crippen molar-refractivity contribution in [2.75, 3.05) is 13.1 Å². The Balaban J connectivity index is 2.51. The van der Waals surface area contributed by atoms with Gasteiger partial charge in [0.15, 0.2) is 0 Å². The van der Waals surface area contributed by atoms with Crippen molar-refractivity contribution in [1.29, 1.82) is 0 Å². The summed E-state index contributed by atoms with van der Waals surface area (Å²) in [4.78, 5) is 23.7. The summed E-state index contributed by atoms with van der Waals surface area (Å²) >= 11 is 0. The lowest BCUT2D eigenvalue weighted by Gasteiger charge is -2.18. The molecule has 1 saturated carbocycles. The number of amides is 1. The Morgan fingerprint density at radius 1 is 1.38 bits per heavy atom. The molecule has 0 aromatic heterocycles. The Kier molecular flexibility index (Phi) is 4.76. The van der Waals surface area contributed by atoms with E-state index in [2.05, 4.69) is 0 Å². The van der Waals surface area contributed by atoms with Crippen LogP contribution in [0, 0.1) is 5.92 Å². The maximum atomic E-state index is 11.7. The Labute approximate surface area is 95.2 Å². The fourth-order valence-corrected chi connectivity index (χ4v) is 1.36. The Hall–Kier alpha value is -1.58. The van der Waals surface area contributed by atoms with Crippen LogP contribution in [-0.4, -0.2) is 35.0 Å². The summed E-state index contributed by atoms with van der Waals surface area (Å²) < 4.78 is 0. The molecule has 1 aliphatic carbocycles. The van der Waals surface area contributed by atoms with Crippen LogP contribution in [-0.2, 0) is 9.59 Å². The SMILES string of the molecule is C/C=C/C=C/C(=O)N(CC(=O)O)CC1CC1. The summed E-state index contributed by atoms with van der Waals surface area (Å²) in [6.45, 7) is 2.20. The summed E-state index contributed by atoms with van der Waals surface area (Å²) in [6.07, 6.45) is 8.79. The molecule has 0 saturated heterocycles. The smallest absolute Gasteiger partial charge is 0.323 e. The topological polar surface area (TPSA) is 57.6 Å². The van der Waals surface area contributed by atoms with E-state index >= 15 is 0 Å². The largest absolute Gasteiger partial charge is 0.480 e. The van der Waals surface area contributed by atoms with E-state index in [9.17, 15) is 9.59 Å². The third-order valence-corrected chi connectivity index (χ3v) is 2.36. The molecule has 0 spiro atoms. The van der Waals surface area contributed by atoms with Crippen molar-refractivity contribution in [2.45, 2.75) is 19.8 Å². The van der Waals surface area contributed by atoms with E-state index in [4.69, 9.17) is 5.11 Å². The number of aliphatic carboxylic acids is 1. The Bertz CT molecular complexity index is 316. The van der Waals surface area contributed by atoms with Crippen molar-refractivity contribution in [1.82, 2.24) is 4.90 Å². The van der Waals surface area contributed by atoms with Gasteiger partial charge in [-0.2, -0.15) is 0 Å². The van der Waals surface area contributed by atoms with Crippen molar-refractivity contribution in [3.63, 3.8) is 0 Å². The van der Waals surface area contributed by atoms with Gasteiger partial charge in [0.05, 0.1) is 0 Å². The lowest BCUT2D eigenvalue weighted by atomic mass is 10.3. The van der Waals surface area contributed by atoms with Gasteiger partial charge >= 0.3 is 5.97 Å². The maximum absolute atomic E-state index is 11.7. The average Bonchev–Trinajstić information content (AvgIpc) is 3.00. The first-order valence-corrected chi connectivity index (χ1v) is 5.43. The minimum absolute atomic E-state index is 0.213. The molecule has 4 nitrogen and oxygen atoms in total. The molecule has 0 bridgehead atoms. The predicted octanol–water partition coefficient (Wildman–Crippen LogP) is 1.44. The lowest BCUT2D eigenvalue weighted by molar-refractivity contribution is -0.142. The fraction of sp³-hybridized carbons (Fsp3) is 0.500. The van der Waals surface area contributed by atoms with Gasteiger partial charge in [-0.15, -0.1) is 0 Å². The van der Waals surface area contributed by atoms with Crippen LogP contribution in [0.5, 0.6) is 0 Å². The molecule has 1 fully saturated rings. The Morgan fingerprint density at radius 3 is 2.56 bits per heavy atom. The number of hydrogen-bond donors (Lipinski definition) is 1. The highest BCUT2D eigenvalue weighted by molar-refractivity contribution is 5.90. The summed E-state index contributed by atoms with van der Waals surface area (Å²) in [5, 5.41) is 8.71. The molecule has 1 amide bonds. The standard InChI is InChI=1S/C12H17NO3/c1-2-3-4-5-11(14)13(9-12(15)16)8-10-6-7-10/h2-5,10H,6-9H2,1H3,(H,15,16)/b3-2+,5-4+. The average molecular weight is 223 g/mol. The van der Waals surface area contributed by atoms with Crippen LogP contribution >= 0.6 is 0 Å². The first kappa shape index (κ1) is 12.5.